The smallest absolute Gasteiger partial charge is 0.328 e. The van der Waals surface area contributed by atoms with Gasteiger partial charge in [-0.2, -0.15) is 0 Å². The van der Waals surface area contributed by atoms with Crippen molar-refractivity contribution in [3.63, 3.8) is 0 Å². The molecule has 0 radical (unpaired) electrons. The van der Waals surface area contributed by atoms with Crippen molar-refractivity contribution in [3.05, 3.63) is 64.7 Å². The van der Waals surface area contributed by atoms with E-state index in [1.54, 1.807) is 37.3 Å². The molecule has 9 nitrogen and oxygen atoms in total. The lowest BCUT2D eigenvalue weighted by Gasteiger charge is -2.23. The molecule has 0 aliphatic carbocycles. The highest BCUT2D eigenvalue weighted by molar-refractivity contribution is 6.30. The van der Waals surface area contributed by atoms with Crippen LogP contribution in [0.15, 0.2) is 48.5 Å². The van der Waals surface area contributed by atoms with Crippen LogP contribution in [0.4, 0.5) is 0 Å². The van der Waals surface area contributed by atoms with Gasteiger partial charge < -0.3 is 31.3 Å². The molecule has 0 aromatic heterocycles. The molecule has 2 amide bonds. The molecule has 0 bridgehead atoms. The molecule has 0 spiro atoms. The van der Waals surface area contributed by atoms with Crippen molar-refractivity contribution in [1.29, 1.82) is 0 Å². The Morgan fingerprint density at radius 1 is 1.09 bits per heavy atom. The van der Waals surface area contributed by atoms with Gasteiger partial charge in [-0.05, 0) is 37.6 Å². The zero-order valence-electron chi connectivity index (χ0n) is 18.3. The Balaban J connectivity index is 2.29. The molecule has 2 aromatic rings. The fourth-order valence-corrected chi connectivity index (χ4v) is 3.12. The molecule has 0 saturated heterocycles. The second-order valence-corrected chi connectivity index (χ2v) is 8.15. The van der Waals surface area contributed by atoms with Crippen LogP contribution in [0, 0.1) is 0 Å². The van der Waals surface area contributed by atoms with Gasteiger partial charge in [0.2, 0.25) is 5.91 Å². The average molecular weight is 478 g/mol. The number of aliphatic carboxylic acids is 1. The number of nitrogens with two attached hydrogens (primary N) is 1. The minimum Gasteiger partial charge on any atom is -0.491 e. The van der Waals surface area contributed by atoms with Gasteiger partial charge >= 0.3 is 5.97 Å². The number of nitrogens with one attached hydrogen (secondary N) is 2. The third-order valence-electron chi connectivity index (χ3n) is 4.64. The van der Waals surface area contributed by atoms with Crippen LogP contribution in [0.1, 0.15) is 29.8 Å². The number of aliphatic hydroxyl groups is 1. The molecule has 0 unspecified atom stereocenters. The molecule has 178 valence electrons. The average Bonchev–Trinajstić information content (AvgIpc) is 2.75. The molecule has 2 aromatic carbocycles. The minimum absolute atomic E-state index is 0.0914. The summed E-state index contributed by atoms with van der Waals surface area (Å²) in [5.74, 6) is -2.57. The number of carbonyl (C=O) groups is 3. The van der Waals surface area contributed by atoms with Gasteiger partial charge in [0.25, 0.3) is 5.91 Å². The van der Waals surface area contributed by atoms with Crippen molar-refractivity contribution < 1.29 is 29.3 Å². The Kier molecular flexibility index (Phi) is 9.65. The number of carboxylic acids is 1. The summed E-state index contributed by atoms with van der Waals surface area (Å²) >= 11 is 6.03. The van der Waals surface area contributed by atoms with Gasteiger partial charge in [-0.15, -0.1) is 0 Å². The molecule has 0 fully saturated rings. The van der Waals surface area contributed by atoms with E-state index in [-0.39, 0.29) is 30.4 Å². The van der Waals surface area contributed by atoms with Crippen LogP contribution in [0.2, 0.25) is 5.02 Å². The predicted molar refractivity (Wildman–Crippen MR) is 123 cm³/mol. The van der Waals surface area contributed by atoms with Gasteiger partial charge in [0.15, 0.2) is 6.04 Å². The van der Waals surface area contributed by atoms with Crippen LogP contribution in [0.25, 0.3) is 0 Å². The maximum Gasteiger partial charge on any atom is 0.328 e. The molecular formula is C23H28ClN3O6. The molecule has 10 heteroatoms. The molecule has 0 saturated carbocycles. The first-order chi connectivity index (χ1) is 15.6. The highest BCUT2D eigenvalue weighted by Gasteiger charge is 2.30. The van der Waals surface area contributed by atoms with Gasteiger partial charge in [-0.25, -0.2) is 4.79 Å². The summed E-state index contributed by atoms with van der Waals surface area (Å²) < 4.78 is 5.61. The summed E-state index contributed by atoms with van der Waals surface area (Å²) in [5.41, 5.74) is 6.60. The lowest BCUT2D eigenvalue weighted by molar-refractivity contribution is -0.145. The lowest BCUT2D eigenvalue weighted by Crippen LogP contribution is -2.55. The number of hydrogen-bond donors (Lipinski definition) is 5. The second kappa shape index (κ2) is 12.2. The topological polar surface area (TPSA) is 151 Å². The summed E-state index contributed by atoms with van der Waals surface area (Å²) in [7, 11) is 0. The first-order valence-electron chi connectivity index (χ1n) is 10.3. The molecular weight excluding hydrogens is 450 g/mol. The number of ether oxygens (including phenoxy) is 1. The van der Waals surface area contributed by atoms with Crippen molar-refractivity contribution in [3.8, 4) is 5.75 Å². The van der Waals surface area contributed by atoms with Gasteiger partial charge in [0.05, 0.1) is 11.7 Å². The second-order valence-electron chi connectivity index (χ2n) is 7.71. The monoisotopic (exact) mass is 477 g/mol. The summed E-state index contributed by atoms with van der Waals surface area (Å²) in [5, 5.41) is 24.3. The third kappa shape index (κ3) is 8.05. The Bertz CT molecular complexity index is 968. The van der Waals surface area contributed by atoms with E-state index in [0.717, 1.165) is 5.56 Å². The van der Waals surface area contributed by atoms with Gasteiger partial charge in [0, 0.05) is 17.5 Å². The number of aliphatic hydroxyl groups excluding tert-OH is 1. The van der Waals surface area contributed by atoms with E-state index in [1.165, 1.54) is 25.1 Å². The zero-order chi connectivity index (χ0) is 24.5. The van der Waals surface area contributed by atoms with E-state index in [1.807, 2.05) is 0 Å². The standard InChI is InChI=1S/C23H28ClN3O6/c1-13(25)12-33-19-11-16(24)8-9-17(19)21(29)26-18(10-15-6-4-3-5-7-15)22(30)27-20(14(2)28)23(31)32/h3-9,11,13-14,18,20,28H,10,12,25H2,1-2H3,(H,26,29)(H,27,30)(H,31,32)/t13-,14+,18-,20-/m0/s1. The Labute approximate surface area is 196 Å². The normalized spacial score (nSPS) is 14.5. The van der Waals surface area contributed by atoms with Crippen LogP contribution in [-0.2, 0) is 16.0 Å². The Morgan fingerprint density at radius 3 is 2.33 bits per heavy atom. The summed E-state index contributed by atoms with van der Waals surface area (Å²) in [6, 6.07) is 10.4. The van der Waals surface area contributed by atoms with E-state index < -0.39 is 36.0 Å². The number of hydrogen-bond acceptors (Lipinski definition) is 6. The van der Waals surface area contributed by atoms with E-state index >= 15 is 0 Å². The van der Waals surface area contributed by atoms with Crippen molar-refractivity contribution in [2.75, 3.05) is 6.61 Å². The predicted octanol–water partition coefficient (Wildman–Crippen LogP) is 1.36. The maximum absolute atomic E-state index is 13.1. The van der Waals surface area contributed by atoms with Crippen molar-refractivity contribution in [2.24, 2.45) is 5.73 Å². The van der Waals surface area contributed by atoms with Crippen LogP contribution in [0.3, 0.4) is 0 Å². The SMILES string of the molecule is C[C@H](N)COc1cc(Cl)ccc1C(=O)N[C@@H](Cc1ccccc1)C(=O)N[C@H](C(=O)O)[C@@H](C)O. The van der Waals surface area contributed by atoms with Crippen LogP contribution >= 0.6 is 11.6 Å². The summed E-state index contributed by atoms with van der Waals surface area (Å²) in [4.78, 5) is 37.4. The molecule has 0 aliphatic rings. The first kappa shape index (κ1) is 26.1. The van der Waals surface area contributed by atoms with Crippen molar-refractivity contribution in [1.82, 2.24) is 10.6 Å². The number of halogens is 1. The van der Waals surface area contributed by atoms with Crippen molar-refractivity contribution in [2.45, 2.75) is 44.5 Å². The van der Waals surface area contributed by atoms with E-state index in [4.69, 9.17) is 22.1 Å². The van der Waals surface area contributed by atoms with E-state index in [2.05, 4.69) is 10.6 Å². The molecule has 0 heterocycles. The zero-order valence-corrected chi connectivity index (χ0v) is 19.1. The number of benzene rings is 2. The van der Waals surface area contributed by atoms with Crippen LogP contribution < -0.4 is 21.1 Å². The Hall–Kier alpha value is -3.14. The highest BCUT2D eigenvalue weighted by atomic mass is 35.5. The van der Waals surface area contributed by atoms with Crippen LogP contribution in [-0.4, -0.2) is 58.8 Å². The van der Waals surface area contributed by atoms with E-state index in [0.29, 0.717) is 5.02 Å². The summed E-state index contributed by atoms with van der Waals surface area (Å²) in [6.07, 6.45) is -1.25. The summed E-state index contributed by atoms with van der Waals surface area (Å²) in [6.45, 7) is 3.13. The van der Waals surface area contributed by atoms with Crippen LogP contribution in [0.5, 0.6) is 5.75 Å². The molecule has 4 atom stereocenters. The van der Waals surface area contributed by atoms with Gasteiger partial charge in [0.1, 0.15) is 18.4 Å². The number of carbonyl (C=O) groups excluding carboxylic acids is 2. The quantitative estimate of drug-likeness (QED) is 0.327. The minimum atomic E-state index is -1.53. The first-order valence-corrected chi connectivity index (χ1v) is 10.7. The molecule has 6 N–H and O–H groups in total. The third-order valence-corrected chi connectivity index (χ3v) is 4.88. The van der Waals surface area contributed by atoms with Crippen molar-refractivity contribution >= 4 is 29.4 Å². The van der Waals surface area contributed by atoms with Gasteiger partial charge in [-0.3, -0.25) is 9.59 Å². The molecule has 33 heavy (non-hydrogen) atoms. The van der Waals surface area contributed by atoms with E-state index in [9.17, 15) is 24.6 Å². The largest absolute Gasteiger partial charge is 0.491 e. The van der Waals surface area contributed by atoms with Gasteiger partial charge in [-0.1, -0.05) is 41.9 Å². The fraction of sp³-hybridized carbons (Fsp3) is 0.348. The Morgan fingerprint density at radius 2 is 1.76 bits per heavy atom. The molecule has 0 aliphatic heterocycles. The maximum atomic E-state index is 13.1. The number of carboxylic acid groups (broad SMARTS) is 1. The highest BCUT2D eigenvalue weighted by Crippen LogP contribution is 2.24. The lowest BCUT2D eigenvalue weighted by atomic mass is 10.0. The fourth-order valence-electron chi connectivity index (χ4n) is 2.96. The molecule has 2 rings (SSSR count). The number of rotatable bonds is 11. The number of amides is 2.